The number of nitrogens with one attached hydrogen (secondary N) is 1. The summed E-state index contributed by atoms with van der Waals surface area (Å²) in [5.41, 5.74) is 2.83. The zero-order chi connectivity index (χ0) is 24.6. The minimum Gasteiger partial charge on any atom is -0.485 e. The molecule has 0 bridgehead atoms. The summed E-state index contributed by atoms with van der Waals surface area (Å²) in [6, 6.07) is 18.0. The first-order valence-electron chi connectivity index (χ1n) is 11.5. The van der Waals surface area contributed by atoms with Crippen LogP contribution in [0.15, 0.2) is 66.9 Å². The lowest BCUT2D eigenvalue weighted by Gasteiger charge is -2.29. The van der Waals surface area contributed by atoms with E-state index in [0.717, 1.165) is 11.3 Å². The Hall–Kier alpha value is -4.20. The largest absolute Gasteiger partial charge is 0.485 e. The summed E-state index contributed by atoms with van der Waals surface area (Å²) in [6.45, 7) is 2.47. The number of hydrogen-bond acceptors (Lipinski definition) is 6. The number of carbonyl (C=O) groups excluding carboxylic acids is 3. The molecule has 2 aromatic carbocycles. The van der Waals surface area contributed by atoms with Gasteiger partial charge in [0, 0.05) is 24.7 Å². The van der Waals surface area contributed by atoms with Crippen LogP contribution in [-0.2, 0) is 16.1 Å². The topological polar surface area (TPSA) is 97.8 Å². The Labute approximate surface area is 203 Å². The van der Waals surface area contributed by atoms with Crippen LogP contribution in [0.2, 0.25) is 0 Å². The van der Waals surface area contributed by atoms with Crippen LogP contribution in [0.25, 0.3) is 0 Å². The maximum atomic E-state index is 12.7. The number of nitrogens with zero attached hydrogens (tertiary/aromatic N) is 2. The molecule has 180 valence electrons. The first-order valence-corrected chi connectivity index (χ1v) is 11.5. The van der Waals surface area contributed by atoms with Crippen molar-refractivity contribution in [2.75, 3.05) is 24.7 Å². The second-order valence-corrected chi connectivity index (χ2v) is 8.24. The standard InChI is InChI=1S/C27H27N3O5/c1-19-7-10-22(11-8-19)34-17-24(31)20-9-12-25-23(15-20)30(27(33)18-35-25)14-4-6-26(32)29-16-21-5-2-3-13-28-21/h2-3,5,7-13,15H,4,6,14,16-18H2,1H3,(H,29,32). The van der Waals surface area contributed by atoms with Crippen molar-refractivity contribution in [1.82, 2.24) is 10.3 Å². The molecule has 1 N–H and O–H groups in total. The Balaban J connectivity index is 1.34. The van der Waals surface area contributed by atoms with Crippen LogP contribution in [0.4, 0.5) is 5.69 Å². The van der Waals surface area contributed by atoms with Crippen LogP contribution in [0.3, 0.4) is 0 Å². The van der Waals surface area contributed by atoms with Gasteiger partial charge in [0.15, 0.2) is 19.0 Å². The second kappa shape index (κ2) is 11.3. The predicted molar refractivity (Wildman–Crippen MR) is 131 cm³/mol. The lowest BCUT2D eigenvalue weighted by atomic mass is 10.1. The first kappa shape index (κ1) is 23.9. The second-order valence-electron chi connectivity index (χ2n) is 8.24. The van der Waals surface area contributed by atoms with Crippen LogP contribution in [-0.4, -0.2) is 42.3 Å². The van der Waals surface area contributed by atoms with Gasteiger partial charge in [-0.25, -0.2) is 0 Å². The fourth-order valence-corrected chi connectivity index (χ4v) is 3.67. The number of benzene rings is 2. The van der Waals surface area contributed by atoms with Crippen molar-refractivity contribution in [3.8, 4) is 11.5 Å². The molecular formula is C27H27N3O5. The number of Topliss-reactive ketones (excluding diaryl/α,β-unsaturated/α-hetero) is 1. The van der Waals surface area contributed by atoms with Gasteiger partial charge in [-0.1, -0.05) is 23.8 Å². The first-order chi connectivity index (χ1) is 17.0. The molecule has 1 aliphatic heterocycles. The van der Waals surface area contributed by atoms with Crippen LogP contribution in [0.5, 0.6) is 11.5 Å². The van der Waals surface area contributed by atoms with E-state index in [1.54, 1.807) is 29.3 Å². The number of amides is 2. The lowest BCUT2D eigenvalue weighted by Crippen LogP contribution is -2.40. The van der Waals surface area contributed by atoms with Crippen LogP contribution >= 0.6 is 0 Å². The summed E-state index contributed by atoms with van der Waals surface area (Å²) in [4.78, 5) is 43.2. The number of hydrogen-bond donors (Lipinski definition) is 1. The van der Waals surface area contributed by atoms with E-state index in [-0.39, 0.29) is 37.2 Å². The van der Waals surface area contributed by atoms with Gasteiger partial charge in [-0.05, 0) is 55.8 Å². The molecule has 0 aliphatic carbocycles. The summed E-state index contributed by atoms with van der Waals surface area (Å²) < 4.78 is 11.1. The Morgan fingerprint density at radius 2 is 1.94 bits per heavy atom. The minimum atomic E-state index is -0.216. The Kier molecular flexibility index (Phi) is 7.72. The third-order valence-electron chi connectivity index (χ3n) is 5.59. The third kappa shape index (κ3) is 6.44. The number of fused-ring (bicyclic) bond motifs is 1. The van der Waals surface area contributed by atoms with Crippen molar-refractivity contribution in [3.63, 3.8) is 0 Å². The van der Waals surface area contributed by atoms with E-state index in [2.05, 4.69) is 10.3 Å². The molecule has 2 amide bonds. The number of carbonyl (C=O) groups is 3. The molecule has 0 fully saturated rings. The van der Waals surface area contributed by atoms with E-state index in [1.165, 1.54) is 0 Å². The molecule has 0 saturated heterocycles. The molecule has 0 spiro atoms. The van der Waals surface area contributed by atoms with Crippen molar-refractivity contribution >= 4 is 23.3 Å². The Bertz CT molecular complexity index is 1200. The van der Waals surface area contributed by atoms with Gasteiger partial charge >= 0.3 is 0 Å². The zero-order valence-corrected chi connectivity index (χ0v) is 19.5. The minimum absolute atomic E-state index is 0.0807. The number of pyridine rings is 1. The van der Waals surface area contributed by atoms with Gasteiger partial charge in [-0.2, -0.15) is 0 Å². The molecular weight excluding hydrogens is 446 g/mol. The summed E-state index contributed by atoms with van der Waals surface area (Å²) >= 11 is 0. The maximum Gasteiger partial charge on any atom is 0.265 e. The SMILES string of the molecule is Cc1ccc(OCC(=O)c2ccc3c(c2)N(CCCC(=O)NCc2ccccn2)C(=O)CO3)cc1. The number of rotatable bonds is 10. The van der Waals surface area contributed by atoms with Crippen molar-refractivity contribution in [1.29, 1.82) is 0 Å². The van der Waals surface area contributed by atoms with E-state index in [1.807, 2.05) is 49.4 Å². The van der Waals surface area contributed by atoms with Crippen LogP contribution in [0, 0.1) is 6.92 Å². The number of ketones is 1. The van der Waals surface area contributed by atoms with Gasteiger partial charge in [-0.3, -0.25) is 19.4 Å². The smallest absolute Gasteiger partial charge is 0.265 e. The zero-order valence-electron chi connectivity index (χ0n) is 19.5. The van der Waals surface area contributed by atoms with Crippen molar-refractivity contribution < 1.29 is 23.9 Å². The van der Waals surface area contributed by atoms with E-state index in [9.17, 15) is 14.4 Å². The normalized spacial score (nSPS) is 12.5. The van der Waals surface area contributed by atoms with Gasteiger partial charge in [0.1, 0.15) is 11.5 Å². The highest BCUT2D eigenvalue weighted by Gasteiger charge is 2.26. The highest BCUT2D eigenvalue weighted by atomic mass is 16.5. The highest BCUT2D eigenvalue weighted by Crippen LogP contribution is 2.33. The molecule has 2 heterocycles. The van der Waals surface area contributed by atoms with E-state index in [4.69, 9.17) is 9.47 Å². The molecule has 1 aromatic heterocycles. The van der Waals surface area contributed by atoms with E-state index in [0.29, 0.717) is 42.3 Å². The highest BCUT2D eigenvalue weighted by molar-refractivity contribution is 6.02. The summed E-state index contributed by atoms with van der Waals surface area (Å²) in [7, 11) is 0. The summed E-state index contributed by atoms with van der Waals surface area (Å²) in [5, 5.41) is 2.83. The predicted octanol–water partition coefficient (Wildman–Crippen LogP) is 3.47. The lowest BCUT2D eigenvalue weighted by molar-refractivity contribution is -0.123. The van der Waals surface area contributed by atoms with E-state index < -0.39 is 0 Å². The van der Waals surface area contributed by atoms with Crippen molar-refractivity contribution in [2.45, 2.75) is 26.3 Å². The fraction of sp³-hybridized carbons (Fsp3) is 0.259. The maximum absolute atomic E-state index is 12.7. The molecule has 35 heavy (non-hydrogen) atoms. The van der Waals surface area contributed by atoms with Crippen molar-refractivity contribution in [3.05, 3.63) is 83.7 Å². The van der Waals surface area contributed by atoms with Gasteiger partial charge in [0.05, 0.1) is 17.9 Å². The molecule has 1 aliphatic rings. The van der Waals surface area contributed by atoms with E-state index >= 15 is 0 Å². The Morgan fingerprint density at radius 1 is 1.11 bits per heavy atom. The quantitative estimate of drug-likeness (QED) is 0.453. The van der Waals surface area contributed by atoms with Gasteiger partial charge in [0.25, 0.3) is 5.91 Å². The molecule has 8 nitrogen and oxygen atoms in total. The van der Waals surface area contributed by atoms with Gasteiger partial charge in [0.2, 0.25) is 5.91 Å². The number of aromatic nitrogens is 1. The van der Waals surface area contributed by atoms with Crippen LogP contribution in [0.1, 0.15) is 34.5 Å². The fourth-order valence-electron chi connectivity index (χ4n) is 3.67. The molecule has 4 rings (SSSR count). The van der Waals surface area contributed by atoms with Crippen LogP contribution < -0.4 is 19.7 Å². The molecule has 3 aromatic rings. The number of ether oxygens (including phenoxy) is 2. The average Bonchev–Trinajstić information content (AvgIpc) is 2.88. The third-order valence-corrected chi connectivity index (χ3v) is 5.59. The van der Waals surface area contributed by atoms with Gasteiger partial charge in [-0.15, -0.1) is 0 Å². The molecule has 0 atom stereocenters. The average molecular weight is 474 g/mol. The molecule has 0 saturated carbocycles. The Morgan fingerprint density at radius 3 is 2.71 bits per heavy atom. The molecule has 0 radical (unpaired) electrons. The molecule has 8 heteroatoms. The summed E-state index contributed by atoms with van der Waals surface area (Å²) in [5.74, 6) is 0.601. The monoisotopic (exact) mass is 473 g/mol. The number of aryl methyl sites for hydroxylation is 1. The molecule has 0 unspecified atom stereocenters. The van der Waals surface area contributed by atoms with Crippen molar-refractivity contribution in [2.24, 2.45) is 0 Å². The van der Waals surface area contributed by atoms with Gasteiger partial charge < -0.3 is 19.7 Å². The summed E-state index contributed by atoms with van der Waals surface area (Å²) in [6.07, 6.45) is 2.40. The number of anilines is 1.